The molecular formula is C48H49N13O9S6. The van der Waals surface area contributed by atoms with E-state index in [9.17, 15) is 46.0 Å². The third kappa shape index (κ3) is 12.5. The van der Waals surface area contributed by atoms with Crippen molar-refractivity contribution in [2.45, 2.75) is 84.9 Å². The molecule has 9 N–H and O–H groups in total. The molecule has 8 rings (SSSR count). The molecular weight excluding hydrogens is 1100 g/mol. The number of pyridine rings is 1. The van der Waals surface area contributed by atoms with Crippen molar-refractivity contribution in [2.24, 2.45) is 35.9 Å². The lowest BCUT2D eigenvalue weighted by atomic mass is 10.1. The lowest BCUT2D eigenvalue weighted by Gasteiger charge is -2.14. The van der Waals surface area contributed by atoms with Gasteiger partial charge in [-0.2, -0.15) is 0 Å². The number of hydrogen-bond acceptors (Lipinski definition) is 22. The number of hydrogen-bond donors (Lipinski definition) is 9. The summed E-state index contributed by atoms with van der Waals surface area (Å²) in [5, 5.41) is 110. The molecule has 22 nitrogen and oxygen atoms in total. The maximum atomic E-state index is 11.4. The van der Waals surface area contributed by atoms with Gasteiger partial charge in [-0.15, -0.1) is 68.0 Å². The van der Waals surface area contributed by atoms with Crippen molar-refractivity contribution in [1.29, 1.82) is 0 Å². The quantitative estimate of drug-likeness (QED) is 0.0454. The first-order valence-corrected chi connectivity index (χ1v) is 28.3. The Kier molecular flexibility index (Phi) is 17.5. The van der Waals surface area contributed by atoms with Gasteiger partial charge < -0.3 is 46.0 Å². The maximum absolute atomic E-state index is 11.4. The standard InChI is InChI=1S/C48H49N13O9S6/c1-8-24(37(65)49-12-20(5)62)51-38(66)28-15-73-46(56-28)32-18-74-45(58-32)26-11-10-23-36(50-26)27-13-75-48(53-27)35(22(7)64)61-41(69)31-17-76-47(57-31)33(19(3)4)59-39(67)30-16-72-44(55-30)25(9-2)52-42(70)34(21(6)63)60-40(68)29-14-71-43(23)54-29/h8-11,13-22,33-35,62-64H,12H2,1-7H3,(H,49,65)(H,51,66)(H,52,70)(H,59,67)(H,60,68)(H,61,69)/b24-8-,25-9-/t20-,21+,22+,33+,34-,35-/m0/s1. The van der Waals surface area contributed by atoms with E-state index in [1.165, 1.54) is 72.2 Å². The van der Waals surface area contributed by atoms with E-state index < -0.39 is 65.9 Å². The second-order valence-electron chi connectivity index (χ2n) is 17.1. The fourth-order valence-corrected chi connectivity index (χ4v) is 12.1. The molecule has 0 unspecified atom stereocenters. The smallest absolute Gasteiger partial charge is 0.239 e. The minimum absolute atomic E-state index is 0.00927. The van der Waals surface area contributed by atoms with E-state index in [1.54, 1.807) is 64.3 Å². The van der Waals surface area contributed by atoms with Gasteiger partial charge in [-0.3, -0.25) is 0 Å². The highest BCUT2D eigenvalue weighted by molar-refractivity contribution is 7.15. The Morgan fingerprint density at radius 2 is 1.11 bits per heavy atom. The molecule has 1 aliphatic heterocycles. The van der Waals surface area contributed by atoms with Gasteiger partial charge in [-0.1, -0.05) is 26.0 Å². The summed E-state index contributed by atoms with van der Waals surface area (Å²) in [6.07, 6.45) is -0.231. The van der Waals surface area contributed by atoms with Crippen LogP contribution in [-0.2, 0) is 0 Å². The second kappa shape index (κ2) is 24.0. The summed E-state index contributed by atoms with van der Waals surface area (Å²) in [6, 6.07) is 0.326. The van der Waals surface area contributed by atoms with Gasteiger partial charge in [0.05, 0.1) is 36.2 Å². The Balaban J connectivity index is 1.21. The average molecular weight is 1140 g/mol. The third-order valence-corrected chi connectivity index (χ3v) is 16.1. The number of fused-ring (bicyclic) bond motifs is 11. The molecule has 0 fully saturated rings. The molecule has 28 heteroatoms. The molecule has 396 valence electrons. The number of nitrogens with zero attached hydrogens (tertiary/aromatic N) is 13. The predicted octanol–water partition coefficient (Wildman–Crippen LogP) is 9.55. The van der Waals surface area contributed by atoms with Crippen LogP contribution in [0.4, 0.5) is 0 Å². The molecule has 6 atom stereocenters. The Labute approximate surface area is 457 Å². The molecule has 0 spiro atoms. The summed E-state index contributed by atoms with van der Waals surface area (Å²) in [5.74, 6) is -3.18. The van der Waals surface area contributed by atoms with Crippen LogP contribution in [0.25, 0.3) is 49.1 Å². The number of thiazole rings is 6. The zero-order valence-corrected chi connectivity index (χ0v) is 46.2. The molecule has 0 amide bonds. The highest BCUT2D eigenvalue weighted by Crippen LogP contribution is 2.39. The van der Waals surface area contributed by atoms with E-state index >= 15 is 0 Å². The molecule has 7 aromatic rings. The van der Waals surface area contributed by atoms with Crippen LogP contribution >= 0.6 is 68.0 Å². The average Bonchev–Trinajstić information content (AvgIpc) is 4.26. The lowest BCUT2D eigenvalue weighted by Crippen LogP contribution is -2.31. The van der Waals surface area contributed by atoms with Crippen molar-refractivity contribution >= 4 is 109 Å². The van der Waals surface area contributed by atoms with E-state index in [4.69, 9.17) is 19.9 Å². The fraction of sp³-hybridized carbons (Fsp3) is 0.312. The summed E-state index contributed by atoms with van der Waals surface area (Å²) in [6.45, 7) is 11.4. The molecule has 1 aliphatic rings. The van der Waals surface area contributed by atoms with Gasteiger partial charge in [0.15, 0.2) is 6.04 Å². The summed E-state index contributed by atoms with van der Waals surface area (Å²) >= 11 is 7.12. The molecule has 0 saturated carbocycles. The Morgan fingerprint density at radius 3 is 1.75 bits per heavy atom. The topological polar surface area (TPSA) is 346 Å². The molecule has 0 aliphatic carbocycles. The molecule has 7 aromatic heterocycles. The van der Waals surface area contributed by atoms with Crippen LogP contribution in [0.1, 0.15) is 98.3 Å². The third-order valence-electron chi connectivity index (χ3n) is 10.8. The van der Waals surface area contributed by atoms with Crippen molar-refractivity contribution in [3.63, 3.8) is 0 Å². The molecule has 76 heavy (non-hydrogen) atoms. The zero-order valence-electron chi connectivity index (χ0n) is 41.3. The van der Waals surface area contributed by atoms with E-state index in [0.29, 0.717) is 58.4 Å². The molecule has 8 heterocycles. The second-order valence-corrected chi connectivity index (χ2v) is 22.3. The van der Waals surface area contributed by atoms with Crippen molar-refractivity contribution in [1.82, 2.24) is 34.9 Å². The number of aliphatic imine (C=N–C) groups is 6. The first kappa shape index (κ1) is 55.3. The first-order valence-electron chi connectivity index (χ1n) is 23.1. The van der Waals surface area contributed by atoms with Crippen molar-refractivity contribution in [3.05, 3.63) is 100 Å². The van der Waals surface area contributed by atoms with Crippen molar-refractivity contribution in [3.8, 4) is 43.4 Å². The van der Waals surface area contributed by atoms with Crippen LogP contribution in [0.3, 0.4) is 0 Å². The number of rotatable bonds is 10. The summed E-state index contributed by atoms with van der Waals surface area (Å²) in [5.41, 5.74) is 2.62. The van der Waals surface area contributed by atoms with Gasteiger partial charge in [0, 0.05) is 37.8 Å². The first-order chi connectivity index (χ1) is 36.3. The molecule has 0 radical (unpaired) electrons. The lowest BCUT2D eigenvalue weighted by molar-refractivity contribution is 0.164. The Morgan fingerprint density at radius 1 is 0.579 bits per heavy atom. The van der Waals surface area contributed by atoms with Crippen molar-refractivity contribution < 1.29 is 46.0 Å². The summed E-state index contributed by atoms with van der Waals surface area (Å²) in [4.78, 5) is 58.8. The SMILES string of the molecule is C/C=C(\N=C(O)c1csc(-c2csc(-c3ccc4c(n3)-c3csc(n3)[C@H]([C@@H](C)O)N=C(O)c3csc(n3)[C@@H](C(C)C)N=C(O)c3csc(n3)/C(=C/C)N=C(O)[C@H]([C@@H](C)O)N=C(O)c3csc-4n3)n2)n1)C(O)=NC[C@H](C)O. The van der Waals surface area contributed by atoms with E-state index in [1.807, 2.05) is 13.8 Å². The largest absolute Gasteiger partial charge is 0.495 e. The number of allylic oxidation sites excluding steroid dienone is 2. The number of aliphatic hydroxyl groups is 9. The highest BCUT2D eigenvalue weighted by atomic mass is 32.1. The Bertz CT molecular complexity index is 3480. The van der Waals surface area contributed by atoms with Crippen LogP contribution in [0.2, 0.25) is 0 Å². The zero-order chi connectivity index (χ0) is 54.5. The Hall–Kier alpha value is -6.89. The minimum atomic E-state index is -1.44. The van der Waals surface area contributed by atoms with E-state index in [0.717, 1.165) is 22.7 Å². The summed E-state index contributed by atoms with van der Waals surface area (Å²) in [7, 11) is 0. The van der Waals surface area contributed by atoms with Gasteiger partial charge in [0.1, 0.15) is 87.7 Å². The number of aliphatic hydroxyl groups excluding tert-OH is 9. The van der Waals surface area contributed by atoms with E-state index in [2.05, 4.69) is 44.9 Å². The molecule has 0 aromatic carbocycles. The number of aromatic nitrogens is 7. The van der Waals surface area contributed by atoms with Crippen LogP contribution in [-0.4, -0.2) is 147 Å². The molecule has 8 bridgehead atoms. The van der Waals surface area contributed by atoms with Gasteiger partial charge in [0.2, 0.25) is 35.4 Å². The van der Waals surface area contributed by atoms with Gasteiger partial charge >= 0.3 is 0 Å². The minimum Gasteiger partial charge on any atom is -0.495 e. The van der Waals surface area contributed by atoms with Gasteiger partial charge in [-0.25, -0.2) is 64.8 Å². The van der Waals surface area contributed by atoms with Gasteiger partial charge in [0.25, 0.3) is 0 Å². The van der Waals surface area contributed by atoms with Crippen LogP contribution < -0.4 is 0 Å². The van der Waals surface area contributed by atoms with Crippen LogP contribution in [0.5, 0.6) is 0 Å². The van der Waals surface area contributed by atoms with Crippen molar-refractivity contribution in [2.75, 3.05) is 6.54 Å². The normalized spacial score (nSPS) is 19.2. The van der Waals surface area contributed by atoms with Crippen LogP contribution in [0, 0.1) is 5.92 Å². The monoisotopic (exact) mass is 1140 g/mol. The van der Waals surface area contributed by atoms with E-state index in [-0.39, 0.29) is 52.5 Å². The highest BCUT2D eigenvalue weighted by Gasteiger charge is 2.29. The fourth-order valence-electron chi connectivity index (χ4n) is 6.96. The summed E-state index contributed by atoms with van der Waals surface area (Å²) < 4.78 is 0. The predicted molar refractivity (Wildman–Crippen MR) is 301 cm³/mol. The van der Waals surface area contributed by atoms with Gasteiger partial charge in [-0.05, 0) is 52.7 Å². The molecule has 0 saturated heterocycles. The van der Waals surface area contributed by atoms with Crippen LogP contribution in [0.15, 0.2) is 92.2 Å². The maximum Gasteiger partial charge on any atom is 0.239 e.